The van der Waals surface area contributed by atoms with Gasteiger partial charge in [0.2, 0.25) is 0 Å². The zero-order chi connectivity index (χ0) is 23.3. The van der Waals surface area contributed by atoms with Crippen LogP contribution < -0.4 is 10.2 Å². The topological polar surface area (TPSA) is 39.1 Å². The molecule has 1 aliphatic rings. The second kappa shape index (κ2) is 10.3. The molecule has 0 bridgehead atoms. The van der Waals surface area contributed by atoms with E-state index in [0.717, 1.165) is 43.0 Å². The SMILES string of the molecule is N#Cc1ccc2c(CN(C[C@H]3CNC[C@@H]3Cc3ccccc3)c3ccc(Cl)cc3)cccc2c1. The predicted octanol–water partition coefficient (Wildman–Crippen LogP) is 6.45. The molecule has 4 aromatic rings. The third kappa shape index (κ3) is 5.09. The van der Waals surface area contributed by atoms with Crippen molar-refractivity contribution in [2.45, 2.75) is 13.0 Å². The van der Waals surface area contributed by atoms with Gasteiger partial charge in [-0.25, -0.2) is 0 Å². The van der Waals surface area contributed by atoms with Crippen LogP contribution in [0.2, 0.25) is 5.02 Å². The molecule has 1 aliphatic heterocycles. The van der Waals surface area contributed by atoms with Crippen LogP contribution in [0.3, 0.4) is 0 Å². The van der Waals surface area contributed by atoms with Gasteiger partial charge in [0.05, 0.1) is 11.6 Å². The molecule has 5 rings (SSSR count). The lowest BCUT2D eigenvalue weighted by Gasteiger charge is -2.31. The minimum atomic E-state index is 0.552. The first-order chi connectivity index (χ1) is 16.7. The molecule has 3 nitrogen and oxygen atoms in total. The Kier molecular flexibility index (Phi) is 6.81. The maximum Gasteiger partial charge on any atom is 0.0991 e. The van der Waals surface area contributed by atoms with Crippen molar-refractivity contribution in [2.24, 2.45) is 11.8 Å². The standard InChI is InChI=1S/C30H28ClN3/c31-28-10-12-29(13-11-28)34(20-25-8-4-7-24-16-23(17-32)9-14-30(24)25)21-27-19-33-18-26(27)15-22-5-2-1-3-6-22/h1-14,16,26-27,33H,15,18-21H2/t26-,27+/m0/s1. The summed E-state index contributed by atoms with van der Waals surface area (Å²) in [5, 5.41) is 16.0. The van der Waals surface area contributed by atoms with Gasteiger partial charge in [-0.15, -0.1) is 0 Å². The van der Waals surface area contributed by atoms with Gasteiger partial charge in [0.1, 0.15) is 0 Å². The highest BCUT2D eigenvalue weighted by Gasteiger charge is 2.29. The molecule has 0 amide bonds. The van der Waals surface area contributed by atoms with Crippen LogP contribution in [0.5, 0.6) is 0 Å². The third-order valence-corrected chi connectivity index (χ3v) is 7.18. The zero-order valence-corrected chi connectivity index (χ0v) is 19.9. The van der Waals surface area contributed by atoms with E-state index in [1.165, 1.54) is 22.2 Å². The molecule has 0 saturated carbocycles. The fraction of sp³-hybridized carbons (Fsp3) is 0.233. The van der Waals surface area contributed by atoms with E-state index in [-0.39, 0.29) is 0 Å². The molecular weight excluding hydrogens is 438 g/mol. The molecular formula is C30H28ClN3. The van der Waals surface area contributed by atoms with E-state index in [1.54, 1.807) is 0 Å². The molecule has 1 saturated heterocycles. The van der Waals surface area contributed by atoms with Gasteiger partial charge in [0.25, 0.3) is 0 Å². The maximum absolute atomic E-state index is 9.30. The number of halogens is 1. The van der Waals surface area contributed by atoms with Crippen LogP contribution in [0, 0.1) is 23.2 Å². The van der Waals surface area contributed by atoms with Crippen molar-refractivity contribution >= 4 is 28.1 Å². The Hall–Kier alpha value is -3.32. The van der Waals surface area contributed by atoms with Gasteiger partial charge in [0, 0.05) is 23.8 Å². The lowest BCUT2D eigenvalue weighted by atomic mass is 9.89. The number of anilines is 1. The minimum absolute atomic E-state index is 0.552. The van der Waals surface area contributed by atoms with Crippen molar-refractivity contribution in [3.63, 3.8) is 0 Å². The van der Waals surface area contributed by atoms with E-state index in [4.69, 9.17) is 11.6 Å². The Balaban J connectivity index is 1.43. The summed E-state index contributed by atoms with van der Waals surface area (Å²) in [4.78, 5) is 2.49. The maximum atomic E-state index is 9.30. The summed E-state index contributed by atoms with van der Waals surface area (Å²) in [7, 11) is 0. The normalized spacial score (nSPS) is 17.5. The van der Waals surface area contributed by atoms with E-state index in [9.17, 15) is 5.26 Å². The first kappa shape index (κ1) is 22.5. The second-order valence-electron chi connectivity index (χ2n) is 9.19. The van der Waals surface area contributed by atoms with Crippen LogP contribution >= 0.6 is 11.6 Å². The average Bonchev–Trinajstić information content (AvgIpc) is 3.31. The zero-order valence-electron chi connectivity index (χ0n) is 19.1. The first-order valence-corrected chi connectivity index (χ1v) is 12.2. The van der Waals surface area contributed by atoms with Crippen molar-refractivity contribution in [1.29, 1.82) is 5.26 Å². The minimum Gasteiger partial charge on any atom is -0.367 e. The molecule has 34 heavy (non-hydrogen) atoms. The largest absolute Gasteiger partial charge is 0.367 e. The van der Waals surface area contributed by atoms with Crippen molar-refractivity contribution in [3.8, 4) is 6.07 Å². The highest BCUT2D eigenvalue weighted by atomic mass is 35.5. The summed E-state index contributed by atoms with van der Waals surface area (Å²) in [6.07, 6.45) is 1.10. The van der Waals surface area contributed by atoms with Crippen LogP contribution in [0.25, 0.3) is 10.8 Å². The number of nitrogens with zero attached hydrogens (tertiary/aromatic N) is 2. The molecule has 1 fully saturated rings. The van der Waals surface area contributed by atoms with Gasteiger partial charge in [0.15, 0.2) is 0 Å². The van der Waals surface area contributed by atoms with Crippen LogP contribution in [-0.4, -0.2) is 19.6 Å². The Morgan fingerprint density at radius 1 is 0.882 bits per heavy atom. The lowest BCUT2D eigenvalue weighted by molar-refractivity contribution is 0.413. The molecule has 0 spiro atoms. The Labute approximate surface area is 206 Å². The summed E-state index contributed by atoms with van der Waals surface area (Å²) in [6, 6.07) is 33.6. The number of benzene rings is 4. The van der Waals surface area contributed by atoms with E-state index in [2.05, 4.69) is 83.0 Å². The Bertz CT molecular complexity index is 1290. The van der Waals surface area contributed by atoms with Crippen molar-refractivity contribution < 1.29 is 0 Å². The van der Waals surface area contributed by atoms with Gasteiger partial charge in [-0.3, -0.25) is 0 Å². The van der Waals surface area contributed by atoms with E-state index >= 15 is 0 Å². The highest BCUT2D eigenvalue weighted by molar-refractivity contribution is 6.30. The number of rotatable bonds is 7. The molecule has 4 aromatic carbocycles. The number of hydrogen-bond donors (Lipinski definition) is 1. The third-order valence-electron chi connectivity index (χ3n) is 6.93. The van der Waals surface area contributed by atoms with Crippen LogP contribution in [-0.2, 0) is 13.0 Å². The van der Waals surface area contributed by atoms with Crippen LogP contribution in [0.1, 0.15) is 16.7 Å². The molecule has 0 aliphatic carbocycles. The number of fused-ring (bicyclic) bond motifs is 1. The smallest absolute Gasteiger partial charge is 0.0991 e. The Morgan fingerprint density at radius 3 is 2.47 bits per heavy atom. The summed E-state index contributed by atoms with van der Waals surface area (Å²) in [5.74, 6) is 1.15. The van der Waals surface area contributed by atoms with E-state index in [0.29, 0.717) is 17.4 Å². The summed E-state index contributed by atoms with van der Waals surface area (Å²) >= 11 is 6.21. The van der Waals surface area contributed by atoms with Crippen LogP contribution in [0.15, 0.2) is 91.0 Å². The van der Waals surface area contributed by atoms with Crippen molar-refractivity contribution in [2.75, 3.05) is 24.5 Å². The molecule has 2 atom stereocenters. The molecule has 1 N–H and O–H groups in total. The van der Waals surface area contributed by atoms with Gasteiger partial charge < -0.3 is 10.2 Å². The van der Waals surface area contributed by atoms with Crippen molar-refractivity contribution in [1.82, 2.24) is 5.32 Å². The predicted molar refractivity (Wildman–Crippen MR) is 141 cm³/mol. The number of nitrogens with one attached hydrogen (secondary N) is 1. The quantitative estimate of drug-likeness (QED) is 0.341. The fourth-order valence-electron chi connectivity index (χ4n) is 5.12. The molecule has 0 radical (unpaired) electrons. The molecule has 1 heterocycles. The summed E-state index contributed by atoms with van der Waals surface area (Å²) in [6.45, 7) is 3.86. The Morgan fingerprint density at radius 2 is 1.68 bits per heavy atom. The van der Waals surface area contributed by atoms with Crippen molar-refractivity contribution in [3.05, 3.63) is 113 Å². The van der Waals surface area contributed by atoms with Gasteiger partial charge in [-0.05, 0) is 89.6 Å². The fourth-order valence-corrected chi connectivity index (χ4v) is 5.24. The van der Waals surface area contributed by atoms with Gasteiger partial charge >= 0.3 is 0 Å². The number of nitriles is 1. The van der Waals surface area contributed by atoms with Gasteiger partial charge in [-0.1, -0.05) is 66.2 Å². The van der Waals surface area contributed by atoms with Gasteiger partial charge in [-0.2, -0.15) is 5.26 Å². The molecule has 170 valence electrons. The molecule has 0 unspecified atom stereocenters. The van der Waals surface area contributed by atoms with Crippen LogP contribution in [0.4, 0.5) is 5.69 Å². The molecule has 4 heteroatoms. The summed E-state index contributed by atoms with van der Waals surface area (Å²) < 4.78 is 0. The van der Waals surface area contributed by atoms with E-state index < -0.39 is 0 Å². The molecule has 0 aromatic heterocycles. The average molecular weight is 466 g/mol. The number of hydrogen-bond acceptors (Lipinski definition) is 3. The highest BCUT2D eigenvalue weighted by Crippen LogP contribution is 2.29. The lowest BCUT2D eigenvalue weighted by Crippen LogP contribution is -2.33. The summed E-state index contributed by atoms with van der Waals surface area (Å²) in [5.41, 5.74) is 4.55. The van der Waals surface area contributed by atoms with E-state index in [1.807, 2.05) is 24.3 Å². The first-order valence-electron chi connectivity index (χ1n) is 11.9. The second-order valence-corrected chi connectivity index (χ2v) is 9.63. The monoisotopic (exact) mass is 465 g/mol.